The predicted octanol–water partition coefficient (Wildman–Crippen LogP) is 6.55. The number of ether oxygens (including phenoxy) is 1. The maximum absolute atomic E-state index is 13.8. The van der Waals surface area contributed by atoms with Crippen LogP contribution in [0.3, 0.4) is 0 Å². The van der Waals surface area contributed by atoms with Crippen LogP contribution >= 0.6 is 22.7 Å². The number of carbonyl (C=O) groups is 2. The lowest BCUT2D eigenvalue weighted by atomic mass is 9.67. The van der Waals surface area contributed by atoms with Crippen LogP contribution < -0.4 is 10.6 Å². The molecule has 1 saturated carbocycles. The monoisotopic (exact) mass is 854 g/mol. The summed E-state index contributed by atoms with van der Waals surface area (Å²) in [6.07, 6.45) is 13.0. The van der Waals surface area contributed by atoms with Gasteiger partial charge in [-0.25, -0.2) is 9.48 Å². The van der Waals surface area contributed by atoms with Crippen LogP contribution in [0.5, 0.6) is 0 Å². The summed E-state index contributed by atoms with van der Waals surface area (Å²) < 4.78 is 8.18. The molecule has 0 spiro atoms. The van der Waals surface area contributed by atoms with Gasteiger partial charge in [0, 0.05) is 48.0 Å². The first-order chi connectivity index (χ1) is 28.7. The van der Waals surface area contributed by atoms with Crippen molar-refractivity contribution in [1.82, 2.24) is 30.5 Å². The van der Waals surface area contributed by atoms with E-state index in [0.717, 1.165) is 80.4 Å². The smallest absolute Gasteiger partial charge is 0.349 e. The first kappa shape index (κ1) is 42.5. The van der Waals surface area contributed by atoms with Crippen molar-refractivity contribution in [3.05, 3.63) is 103 Å². The molecular formula is C46H58N6O6S2. The number of carbonyl (C=O) groups excluding carboxylic acids is 2. The molecule has 4 heterocycles. The van der Waals surface area contributed by atoms with E-state index in [9.17, 15) is 24.9 Å². The number of aliphatic hydroxyl groups excluding tert-OH is 2. The van der Waals surface area contributed by atoms with E-state index in [1.165, 1.54) is 45.4 Å². The number of fused-ring (bicyclic) bond motifs is 4. The standard InChI is InChI=1S/C46H58N6O6S2/c1-44(2,3)37-18-19-39(60-37)46(57,38-11-7-24-59-38)43(56)58-30-14-12-29(13-15-30)51(5)22-8-23-52-41-32-10-6-9-31(32)28(25-34(41)49-50-52)26-47-27-36(54)33-16-17-35(53)42-45(33,4)21-20-40(55)48-42/h7,11,16-21,24-25,29-30,33,36,47,53-54,57H,6,8-10,12-15,22-23,26-27H2,1-5H3,(H,48,55)/t29-,30-,33?,36-,45?,46?/m0/s1. The fourth-order valence-electron chi connectivity index (χ4n) is 9.63. The zero-order chi connectivity index (χ0) is 42.4. The van der Waals surface area contributed by atoms with Crippen molar-refractivity contribution in [1.29, 1.82) is 0 Å². The highest BCUT2D eigenvalue weighted by Gasteiger charge is 2.46. The van der Waals surface area contributed by atoms with Gasteiger partial charge in [0.2, 0.25) is 11.5 Å². The number of amides is 1. The second-order valence-electron chi connectivity index (χ2n) is 18.2. The fourth-order valence-corrected chi connectivity index (χ4v) is 11.7. The molecule has 4 aromatic rings. The lowest BCUT2D eigenvalue weighted by Crippen LogP contribution is -2.48. The van der Waals surface area contributed by atoms with Crippen molar-refractivity contribution >= 4 is 45.6 Å². The molecule has 1 fully saturated rings. The number of esters is 1. The average Bonchev–Trinajstić information content (AvgIpc) is 4.06. The second-order valence-corrected chi connectivity index (χ2v) is 20.3. The molecule has 0 saturated heterocycles. The number of aliphatic hydroxyl groups is 3. The molecule has 3 aromatic heterocycles. The van der Waals surface area contributed by atoms with Crippen molar-refractivity contribution in [3.63, 3.8) is 0 Å². The van der Waals surface area contributed by atoms with Gasteiger partial charge >= 0.3 is 5.97 Å². The zero-order valence-corrected chi connectivity index (χ0v) is 36.9. The van der Waals surface area contributed by atoms with Gasteiger partial charge in [0.25, 0.3) is 0 Å². The molecule has 320 valence electrons. The van der Waals surface area contributed by atoms with Crippen molar-refractivity contribution < 1.29 is 29.6 Å². The van der Waals surface area contributed by atoms with Crippen LogP contribution in [-0.2, 0) is 51.3 Å². The SMILES string of the molecule is CN(CCCn1nnc2cc(CNC[C@H](O)C3C=CC(O)=C4NC(=O)C=CC43C)c3c(c21)CCC3)[C@H]1CC[C@H](OC(=O)C(O)(c2cccs2)c2ccc(C(C)(C)C)s2)CC1. The second kappa shape index (κ2) is 16.9. The molecule has 5 N–H and O–H groups in total. The fraction of sp³-hybridized carbons (Fsp3) is 0.522. The Morgan fingerprint density at radius 3 is 2.62 bits per heavy atom. The van der Waals surface area contributed by atoms with Gasteiger partial charge < -0.3 is 35.6 Å². The first-order valence-electron chi connectivity index (χ1n) is 21.3. The number of rotatable bonds is 14. The minimum atomic E-state index is -1.82. The van der Waals surface area contributed by atoms with Crippen LogP contribution in [-0.4, -0.2) is 85.5 Å². The Hall–Kier alpha value is -4.18. The number of hydrogen-bond donors (Lipinski definition) is 5. The molecule has 0 radical (unpaired) electrons. The maximum Gasteiger partial charge on any atom is 0.349 e. The Balaban J connectivity index is 0.835. The van der Waals surface area contributed by atoms with Crippen molar-refractivity contribution in [2.45, 2.75) is 121 Å². The summed E-state index contributed by atoms with van der Waals surface area (Å²) in [7, 11) is 2.18. The van der Waals surface area contributed by atoms with E-state index in [2.05, 4.69) is 64.4 Å². The normalized spacial score (nSPS) is 24.4. The summed E-state index contributed by atoms with van der Waals surface area (Å²) in [5.41, 5.74) is 3.66. The number of aryl methyl sites for hydroxylation is 2. The van der Waals surface area contributed by atoms with Crippen LogP contribution in [0.25, 0.3) is 11.0 Å². The van der Waals surface area contributed by atoms with E-state index in [1.807, 2.05) is 42.6 Å². The number of benzene rings is 1. The Morgan fingerprint density at radius 1 is 1.12 bits per heavy atom. The summed E-state index contributed by atoms with van der Waals surface area (Å²) in [4.78, 5) is 30.5. The first-order valence-corrected chi connectivity index (χ1v) is 23.0. The van der Waals surface area contributed by atoms with Crippen molar-refractivity contribution in [2.24, 2.45) is 11.3 Å². The Bertz CT molecular complexity index is 2320. The molecule has 0 bridgehead atoms. The highest BCUT2D eigenvalue weighted by atomic mass is 32.1. The highest BCUT2D eigenvalue weighted by molar-refractivity contribution is 7.13. The third kappa shape index (κ3) is 8.14. The van der Waals surface area contributed by atoms with Gasteiger partial charge in [-0.1, -0.05) is 44.2 Å². The molecule has 12 nitrogen and oxygen atoms in total. The van der Waals surface area contributed by atoms with E-state index in [0.29, 0.717) is 34.6 Å². The summed E-state index contributed by atoms with van der Waals surface area (Å²) in [6, 6.07) is 10.1. The van der Waals surface area contributed by atoms with Crippen LogP contribution in [0.2, 0.25) is 0 Å². The summed E-state index contributed by atoms with van der Waals surface area (Å²) in [5, 5.41) is 51.1. The molecule has 8 rings (SSSR count). The van der Waals surface area contributed by atoms with E-state index < -0.39 is 23.1 Å². The molecule has 3 unspecified atom stereocenters. The van der Waals surface area contributed by atoms with Crippen LogP contribution in [0.15, 0.2) is 71.5 Å². The number of thiophene rings is 2. The summed E-state index contributed by atoms with van der Waals surface area (Å²) in [5.74, 6) is -1.19. The largest absolute Gasteiger partial charge is 0.506 e. The molecule has 1 aromatic carbocycles. The lowest BCUT2D eigenvalue weighted by Gasteiger charge is -2.42. The molecule has 1 amide bonds. The third-order valence-corrected chi connectivity index (χ3v) is 15.7. The minimum Gasteiger partial charge on any atom is -0.506 e. The van der Waals surface area contributed by atoms with Crippen LogP contribution in [0.4, 0.5) is 0 Å². The Kier molecular flexibility index (Phi) is 12.0. The summed E-state index contributed by atoms with van der Waals surface area (Å²) >= 11 is 2.84. The van der Waals surface area contributed by atoms with Gasteiger partial charge in [-0.2, -0.15) is 0 Å². The average molecular weight is 855 g/mol. The van der Waals surface area contributed by atoms with Gasteiger partial charge in [0.15, 0.2) is 0 Å². The van der Waals surface area contributed by atoms with E-state index in [1.54, 1.807) is 12.2 Å². The third-order valence-electron chi connectivity index (χ3n) is 13.1. The Labute approximate surface area is 360 Å². The van der Waals surface area contributed by atoms with Crippen LogP contribution in [0, 0.1) is 11.3 Å². The molecule has 4 aliphatic rings. The lowest BCUT2D eigenvalue weighted by molar-refractivity contribution is -0.169. The van der Waals surface area contributed by atoms with Gasteiger partial charge in [-0.05, 0) is 130 Å². The highest BCUT2D eigenvalue weighted by Crippen LogP contribution is 2.45. The molecular weight excluding hydrogens is 797 g/mol. The zero-order valence-electron chi connectivity index (χ0n) is 35.2. The number of nitrogens with one attached hydrogen (secondary N) is 2. The maximum atomic E-state index is 13.8. The molecule has 4 atom stereocenters. The number of nitrogens with zero attached hydrogens (tertiary/aromatic N) is 4. The van der Waals surface area contributed by atoms with Gasteiger partial charge in [-0.15, -0.1) is 27.8 Å². The number of hydrogen-bond acceptors (Lipinski definition) is 12. The Morgan fingerprint density at radius 2 is 1.88 bits per heavy atom. The van der Waals surface area contributed by atoms with Crippen LogP contribution in [0.1, 0.15) is 97.5 Å². The van der Waals surface area contributed by atoms with Crippen molar-refractivity contribution in [3.8, 4) is 0 Å². The van der Waals surface area contributed by atoms with E-state index in [4.69, 9.17) is 4.74 Å². The minimum absolute atomic E-state index is 0.0144. The molecule has 60 heavy (non-hydrogen) atoms. The topological polar surface area (TPSA) is 162 Å². The van der Waals surface area contributed by atoms with E-state index >= 15 is 0 Å². The molecule has 3 aliphatic carbocycles. The molecule has 14 heteroatoms. The van der Waals surface area contributed by atoms with E-state index in [-0.39, 0.29) is 29.1 Å². The van der Waals surface area contributed by atoms with Gasteiger partial charge in [-0.3, -0.25) is 4.79 Å². The summed E-state index contributed by atoms with van der Waals surface area (Å²) in [6.45, 7) is 10.9. The quantitative estimate of drug-likeness (QED) is 0.0880. The predicted molar refractivity (Wildman–Crippen MR) is 235 cm³/mol. The van der Waals surface area contributed by atoms with Gasteiger partial charge in [0.1, 0.15) is 17.4 Å². The number of allylic oxidation sites excluding steroid dienone is 2. The molecule has 1 aliphatic heterocycles. The number of aromatic nitrogens is 3. The van der Waals surface area contributed by atoms with Gasteiger partial charge in [0.05, 0.1) is 27.1 Å². The van der Waals surface area contributed by atoms with Crippen molar-refractivity contribution in [2.75, 3.05) is 20.1 Å².